The molecule has 4 aromatic rings. The van der Waals surface area contributed by atoms with E-state index in [4.69, 9.17) is 9.47 Å². The van der Waals surface area contributed by atoms with E-state index in [1.54, 1.807) is 35.1 Å². The molecule has 11 heteroatoms. The molecule has 2 aliphatic rings. The van der Waals surface area contributed by atoms with E-state index >= 15 is 0 Å². The van der Waals surface area contributed by atoms with Gasteiger partial charge in [0.05, 0.1) is 37.3 Å². The van der Waals surface area contributed by atoms with E-state index in [2.05, 4.69) is 20.6 Å². The summed E-state index contributed by atoms with van der Waals surface area (Å²) >= 11 is 0. The number of carbonyl (C=O) groups is 2. The third-order valence-corrected chi connectivity index (χ3v) is 6.31. The first-order valence-corrected chi connectivity index (χ1v) is 12.3. The van der Waals surface area contributed by atoms with Crippen LogP contribution in [0.1, 0.15) is 28.9 Å². The summed E-state index contributed by atoms with van der Waals surface area (Å²) < 4.78 is 14.7. The number of benzene rings is 1. The molecule has 2 amide bonds. The van der Waals surface area contributed by atoms with E-state index in [0.717, 1.165) is 12.8 Å². The molecule has 3 aromatic heterocycles. The molecule has 0 saturated heterocycles. The first-order chi connectivity index (χ1) is 18.6. The number of carbonyl (C=O) groups excluding carboxylic acids is 2. The van der Waals surface area contributed by atoms with Crippen LogP contribution >= 0.6 is 0 Å². The molecule has 1 fully saturated rings. The van der Waals surface area contributed by atoms with Crippen molar-refractivity contribution < 1.29 is 19.1 Å². The Kier molecular flexibility index (Phi) is 6.18. The van der Waals surface area contributed by atoms with Crippen molar-refractivity contribution in [3.8, 4) is 17.2 Å². The molecule has 0 bridgehead atoms. The minimum atomic E-state index is -0.565. The maximum Gasteiger partial charge on any atom is 0.284 e. The van der Waals surface area contributed by atoms with Gasteiger partial charge in [-0.05, 0) is 43.2 Å². The highest BCUT2D eigenvalue weighted by Gasteiger charge is 2.30. The molecule has 0 unspecified atom stereocenters. The van der Waals surface area contributed by atoms with Crippen molar-refractivity contribution in [2.45, 2.75) is 26.0 Å². The quantitative estimate of drug-likeness (QED) is 0.388. The van der Waals surface area contributed by atoms with Crippen LogP contribution in [0.4, 0.5) is 11.6 Å². The summed E-state index contributed by atoms with van der Waals surface area (Å²) in [6, 6.07) is 15.7. The number of nitrogens with zero attached hydrogens (tertiary/aromatic N) is 4. The van der Waals surface area contributed by atoms with Gasteiger partial charge in [0.2, 0.25) is 5.91 Å². The van der Waals surface area contributed by atoms with Crippen LogP contribution in [0, 0.1) is 5.92 Å². The minimum absolute atomic E-state index is 0.0215. The Morgan fingerprint density at radius 3 is 2.58 bits per heavy atom. The summed E-state index contributed by atoms with van der Waals surface area (Å²) in [5.74, 6) is 1.04. The summed E-state index contributed by atoms with van der Waals surface area (Å²) in [5, 5.41) is 5.49. The maximum absolute atomic E-state index is 13.3. The summed E-state index contributed by atoms with van der Waals surface area (Å²) in [5.41, 5.74) is 0.792. The number of rotatable bonds is 7. The Labute approximate surface area is 217 Å². The molecule has 0 radical (unpaired) electrons. The maximum atomic E-state index is 13.3. The van der Waals surface area contributed by atoms with Crippen LogP contribution < -0.4 is 20.9 Å². The van der Waals surface area contributed by atoms with Crippen molar-refractivity contribution in [2.75, 3.05) is 17.2 Å². The normalized spacial score (nSPS) is 14.4. The van der Waals surface area contributed by atoms with Gasteiger partial charge in [0.25, 0.3) is 11.5 Å². The highest BCUT2D eigenvalue weighted by molar-refractivity contribution is 6.04. The molecular formula is C27H24N6O5. The first kappa shape index (κ1) is 23.6. The lowest BCUT2D eigenvalue weighted by atomic mass is 10.2. The van der Waals surface area contributed by atoms with Gasteiger partial charge in [-0.1, -0.05) is 18.2 Å². The molecule has 38 heavy (non-hydrogen) atoms. The van der Waals surface area contributed by atoms with Gasteiger partial charge in [-0.2, -0.15) is 0 Å². The Hall–Kier alpha value is -4.77. The van der Waals surface area contributed by atoms with Gasteiger partial charge in [0.1, 0.15) is 28.7 Å². The minimum Gasteiger partial charge on any atom is -0.456 e. The molecule has 192 valence electrons. The van der Waals surface area contributed by atoms with Gasteiger partial charge in [0, 0.05) is 18.2 Å². The Morgan fingerprint density at radius 1 is 0.974 bits per heavy atom. The molecule has 6 rings (SSSR count). The number of fused-ring (bicyclic) bond motifs is 1. The average Bonchev–Trinajstić information content (AvgIpc) is 3.74. The second-order valence-corrected chi connectivity index (χ2v) is 9.03. The molecule has 0 atom stereocenters. The lowest BCUT2D eigenvalue weighted by Gasteiger charge is -2.19. The number of anilines is 2. The van der Waals surface area contributed by atoms with Crippen molar-refractivity contribution in [3.63, 3.8) is 0 Å². The Balaban J connectivity index is 1.18. The third kappa shape index (κ3) is 4.78. The topological polar surface area (TPSA) is 129 Å². The van der Waals surface area contributed by atoms with Gasteiger partial charge in [-0.25, -0.2) is 14.6 Å². The monoisotopic (exact) mass is 512 g/mol. The lowest BCUT2D eigenvalue weighted by Crippen LogP contribution is -2.26. The van der Waals surface area contributed by atoms with Crippen LogP contribution in [-0.2, 0) is 22.7 Å². The van der Waals surface area contributed by atoms with Crippen LogP contribution in [0.25, 0.3) is 5.69 Å². The Morgan fingerprint density at radius 2 is 1.82 bits per heavy atom. The van der Waals surface area contributed by atoms with E-state index in [1.807, 2.05) is 30.3 Å². The predicted octanol–water partition coefficient (Wildman–Crippen LogP) is 3.35. The zero-order valence-corrected chi connectivity index (χ0v) is 20.3. The fraction of sp³-hybridized carbons (Fsp3) is 0.222. The van der Waals surface area contributed by atoms with Crippen molar-refractivity contribution in [2.24, 2.45) is 5.92 Å². The fourth-order valence-electron chi connectivity index (χ4n) is 4.29. The largest absolute Gasteiger partial charge is 0.456 e. The highest BCUT2D eigenvalue weighted by Crippen LogP contribution is 2.30. The van der Waals surface area contributed by atoms with Crippen LogP contribution in [0.15, 0.2) is 71.8 Å². The number of amides is 2. The number of ether oxygens (including phenoxy) is 2. The van der Waals surface area contributed by atoms with Gasteiger partial charge in [0.15, 0.2) is 0 Å². The van der Waals surface area contributed by atoms with Crippen LogP contribution in [0.5, 0.6) is 11.5 Å². The van der Waals surface area contributed by atoms with E-state index < -0.39 is 11.5 Å². The van der Waals surface area contributed by atoms with Crippen molar-refractivity contribution in [3.05, 3.63) is 88.6 Å². The van der Waals surface area contributed by atoms with E-state index in [0.29, 0.717) is 41.8 Å². The number of para-hydroxylation sites is 1. The standard InChI is InChI=1S/C27H24N6O5/c34-25(17-6-7-17)31-23-14-19(10-11-28-23)38-20-8-9-22(29-15-20)30-26(35)24-21-16-37-13-12-32(21)33(27(24)36)18-4-2-1-3-5-18/h1-5,8-11,14-15,17H,6-7,12-13,16H2,(H,28,31,34)(H,29,30,35). The number of hydrogen-bond donors (Lipinski definition) is 2. The molecule has 2 N–H and O–H groups in total. The molecule has 1 aliphatic heterocycles. The van der Waals surface area contributed by atoms with Crippen LogP contribution in [-0.4, -0.2) is 37.8 Å². The van der Waals surface area contributed by atoms with Gasteiger partial charge >= 0.3 is 0 Å². The van der Waals surface area contributed by atoms with Crippen molar-refractivity contribution >= 4 is 23.5 Å². The smallest absolute Gasteiger partial charge is 0.284 e. The summed E-state index contributed by atoms with van der Waals surface area (Å²) in [4.78, 5) is 46.9. The lowest BCUT2D eigenvalue weighted by molar-refractivity contribution is -0.117. The molecular weight excluding hydrogens is 488 g/mol. The SMILES string of the molecule is O=C(Nc1ccc(Oc2ccnc(NC(=O)C3CC3)c2)cn1)c1c2n(n(-c3ccccc3)c1=O)CCOC2. The van der Waals surface area contributed by atoms with E-state index in [9.17, 15) is 14.4 Å². The summed E-state index contributed by atoms with van der Waals surface area (Å²) in [7, 11) is 0. The molecule has 0 spiro atoms. The number of hydrogen-bond acceptors (Lipinski definition) is 7. The van der Waals surface area contributed by atoms with Gasteiger partial charge in [-0.3, -0.25) is 19.1 Å². The van der Waals surface area contributed by atoms with Crippen LogP contribution in [0.3, 0.4) is 0 Å². The number of aromatic nitrogens is 4. The molecule has 1 saturated carbocycles. The molecule has 11 nitrogen and oxygen atoms in total. The second kappa shape index (κ2) is 9.94. The summed E-state index contributed by atoms with van der Waals surface area (Å²) in [6.07, 6.45) is 4.81. The van der Waals surface area contributed by atoms with E-state index in [-0.39, 0.29) is 29.8 Å². The van der Waals surface area contributed by atoms with Crippen LogP contribution in [0.2, 0.25) is 0 Å². The van der Waals surface area contributed by atoms with Crippen molar-refractivity contribution in [1.29, 1.82) is 0 Å². The summed E-state index contributed by atoms with van der Waals surface area (Å²) in [6.45, 7) is 1.06. The Bertz CT molecular complexity index is 1560. The highest BCUT2D eigenvalue weighted by atomic mass is 16.5. The number of nitrogens with one attached hydrogen (secondary N) is 2. The number of pyridine rings is 2. The van der Waals surface area contributed by atoms with E-state index in [1.165, 1.54) is 10.9 Å². The third-order valence-electron chi connectivity index (χ3n) is 6.31. The fourth-order valence-corrected chi connectivity index (χ4v) is 4.29. The molecule has 4 heterocycles. The van der Waals surface area contributed by atoms with Crippen molar-refractivity contribution in [1.82, 2.24) is 19.3 Å². The average molecular weight is 513 g/mol. The van der Waals surface area contributed by atoms with Gasteiger partial charge in [-0.15, -0.1) is 0 Å². The molecule has 1 aromatic carbocycles. The zero-order valence-electron chi connectivity index (χ0n) is 20.3. The zero-order chi connectivity index (χ0) is 26.1. The first-order valence-electron chi connectivity index (χ1n) is 12.3. The molecule has 1 aliphatic carbocycles. The predicted molar refractivity (Wildman–Crippen MR) is 138 cm³/mol. The van der Waals surface area contributed by atoms with Gasteiger partial charge < -0.3 is 20.1 Å². The second-order valence-electron chi connectivity index (χ2n) is 9.03.